The zero-order valence-electron chi connectivity index (χ0n) is 7.45. The number of nitrogens with one attached hydrogen (secondary N) is 1. The molecular weight excluding hydrogens is 170 g/mol. The summed E-state index contributed by atoms with van der Waals surface area (Å²) in [6.45, 7) is 1.81. The lowest BCUT2D eigenvalue weighted by Gasteiger charge is -2.36. The number of carbonyl (C=O) groups excluding carboxylic acids is 2. The molecule has 5 nitrogen and oxygen atoms in total. The fraction of sp³-hybridized carbons (Fsp3) is 0.750. The highest BCUT2D eigenvalue weighted by Crippen LogP contribution is 2.14. The highest BCUT2D eigenvalue weighted by Gasteiger charge is 2.30. The van der Waals surface area contributed by atoms with Crippen molar-refractivity contribution in [3.63, 3.8) is 0 Å². The van der Waals surface area contributed by atoms with Crippen molar-refractivity contribution in [2.75, 3.05) is 19.6 Å². The predicted molar refractivity (Wildman–Crippen MR) is 45.7 cm³/mol. The Kier molecular flexibility index (Phi) is 2.08. The smallest absolute Gasteiger partial charge is 0.336 e. The van der Waals surface area contributed by atoms with E-state index in [9.17, 15) is 9.59 Å². The van der Waals surface area contributed by atoms with Crippen molar-refractivity contribution < 1.29 is 9.59 Å². The average molecular weight is 183 g/mol. The van der Waals surface area contributed by atoms with Gasteiger partial charge in [0.1, 0.15) is 0 Å². The topological polar surface area (TPSA) is 52.7 Å². The zero-order chi connectivity index (χ0) is 9.26. The second-order valence-corrected chi connectivity index (χ2v) is 3.33. The van der Waals surface area contributed by atoms with Gasteiger partial charge in [0.05, 0.1) is 0 Å². The second-order valence-electron chi connectivity index (χ2n) is 3.33. The first kappa shape index (κ1) is 8.34. The number of hydrogen-bond donors (Lipinski definition) is 1. The van der Waals surface area contributed by atoms with Gasteiger partial charge < -0.3 is 5.32 Å². The summed E-state index contributed by atoms with van der Waals surface area (Å²) < 4.78 is 0. The lowest BCUT2D eigenvalue weighted by Crippen LogP contribution is -2.53. The maximum Gasteiger partial charge on any atom is 0.336 e. The van der Waals surface area contributed by atoms with Crippen LogP contribution in [0.15, 0.2) is 0 Å². The van der Waals surface area contributed by atoms with Crippen LogP contribution in [0.1, 0.15) is 19.3 Å². The van der Waals surface area contributed by atoms with E-state index in [-0.39, 0.29) is 11.9 Å². The van der Waals surface area contributed by atoms with Crippen LogP contribution in [0.2, 0.25) is 0 Å². The Hall–Kier alpha value is -1.26. The quantitative estimate of drug-likeness (QED) is 0.572. The van der Waals surface area contributed by atoms with E-state index < -0.39 is 0 Å². The maximum absolute atomic E-state index is 11.5. The molecule has 0 aromatic rings. The van der Waals surface area contributed by atoms with Crippen molar-refractivity contribution in [2.45, 2.75) is 19.3 Å². The molecule has 5 heteroatoms. The standard InChI is InChI=1S/C8H13N3O2/c12-7-3-4-9-8(13)11-6-2-1-5-10(7)11/h1-6H2,(H,9,13). The number of hydrazine groups is 1. The minimum absolute atomic E-state index is 0.0538. The molecule has 0 radical (unpaired) electrons. The number of rotatable bonds is 0. The highest BCUT2D eigenvalue weighted by atomic mass is 16.2. The molecule has 0 aromatic carbocycles. The summed E-state index contributed by atoms with van der Waals surface area (Å²) in [4.78, 5) is 22.9. The monoisotopic (exact) mass is 183 g/mol. The Morgan fingerprint density at radius 2 is 1.77 bits per heavy atom. The Labute approximate surface area is 76.6 Å². The molecule has 2 saturated heterocycles. The highest BCUT2D eigenvalue weighted by molar-refractivity contribution is 5.84. The van der Waals surface area contributed by atoms with Crippen LogP contribution in [0.25, 0.3) is 0 Å². The molecule has 2 aliphatic rings. The lowest BCUT2D eigenvalue weighted by atomic mass is 10.2. The van der Waals surface area contributed by atoms with Crippen molar-refractivity contribution in [1.82, 2.24) is 15.3 Å². The molecule has 0 aromatic heterocycles. The van der Waals surface area contributed by atoms with E-state index in [4.69, 9.17) is 0 Å². The molecule has 72 valence electrons. The van der Waals surface area contributed by atoms with Crippen LogP contribution in [0, 0.1) is 0 Å². The van der Waals surface area contributed by atoms with Gasteiger partial charge in [0.2, 0.25) is 5.91 Å². The van der Waals surface area contributed by atoms with E-state index in [0.29, 0.717) is 26.1 Å². The van der Waals surface area contributed by atoms with Crippen molar-refractivity contribution in [3.8, 4) is 0 Å². The summed E-state index contributed by atoms with van der Waals surface area (Å²) >= 11 is 0. The van der Waals surface area contributed by atoms with Gasteiger partial charge in [0.15, 0.2) is 0 Å². The summed E-state index contributed by atoms with van der Waals surface area (Å²) in [5.41, 5.74) is 0. The van der Waals surface area contributed by atoms with Gasteiger partial charge in [0.25, 0.3) is 0 Å². The third-order valence-electron chi connectivity index (χ3n) is 2.42. The number of urea groups is 1. The molecule has 0 unspecified atom stereocenters. The van der Waals surface area contributed by atoms with Crippen molar-refractivity contribution in [3.05, 3.63) is 0 Å². The number of carbonyl (C=O) groups is 2. The predicted octanol–water partition coefficient (Wildman–Crippen LogP) is -0.0609. The summed E-state index contributed by atoms with van der Waals surface area (Å²) in [5, 5.41) is 5.80. The molecule has 2 aliphatic heterocycles. The average Bonchev–Trinajstić information content (AvgIpc) is 2.29. The molecule has 0 atom stereocenters. The minimum Gasteiger partial charge on any atom is -0.336 e. The molecule has 13 heavy (non-hydrogen) atoms. The van der Waals surface area contributed by atoms with E-state index >= 15 is 0 Å². The largest absolute Gasteiger partial charge is 0.336 e. The van der Waals surface area contributed by atoms with Gasteiger partial charge in [-0.05, 0) is 12.8 Å². The Morgan fingerprint density at radius 1 is 1.08 bits per heavy atom. The first-order chi connectivity index (χ1) is 6.29. The maximum atomic E-state index is 11.5. The van der Waals surface area contributed by atoms with Gasteiger partial charge in [-0.25, -0.2) is 9.80 Å². The Bertz CT molecular complexity index is 218. The summed E-state index contributed by atoms with van der Waals surface area (Å²) in [5.74, 6) is 0.0538. The van der Waals surface area contributed by atoms with Crippen LogP contribution >= 0.6 is 0 Å². The zero-order valence-corrected chi connectivity index (χ0v) is 7.45. The lowest BCUT2D eigenvalue weighted by molar-refractivity contribution is -0.145. The fourth-order valence-electron chi connectivity index (χ4n) is 1.73. The van der Waals surface area contributed by atoms with Gasteiger partial charge in [-0.1, -0.05) is 0 Å². The molecule has 2 rings (SSSR count). The minimum atomic E-state index is -0.134. The second kappa shape index (κ2) is 3.24. The van der Waals surface area contributed by atoms with Crippen molar-refractivity contribution >= 4 is 11.9 Å². The molecule has 3 amide bonds. The fourth-order valence-corrected chi connectivity index (χ4v) is 1.73. The van der Waals surface area contributed by atoms with E-state index in [1.54, 1.807) is 5.01 Å². The molecule has 2 heterocycles. The summed E-state index contributed by atoms with van der Waals surface area (Å²) in [7, 11) is 0. The van der Waals surface area contributed by atoms with Gasteiger partial charge in [-0.15, -0.1) is 0 Å². The number of fused-ring (bicyclic) bond motifs is 1. The van der Waals surface area contributed by atoms with Crippen molar-refractivity contribution in [1.29, 1.82) is 0 Å². The summed E-state index contributed by atoms with van der Waals surface area (Å²) in [6, 6.07) is -0.134. The van der Waals surface area contributed by atoms with Crippen LogP contribution in [0.5, 0.6) is 0 Å². The van der Waals surface area contributed by atoms with Crippen LogP contribution in [-0.4, -0.2) is 41.6 Å². The molecule has 0 spiro atoms. The van der Waals surface area contributed by atoms with Gasteiger partial charge in [-0.3, -0.25) is 9.80 Å². The number of hydrogen-bond acceptors (Lipinski definition) is 2. The number of nitrogens with zero attached hydrogens (tertiary/aromatic N) is 2. The first-order valence-electron chi connectivity index (χ1n) is 4.65. The molecular formula is C8H13N3O2. The van der Waals surface area contributed by atoms with Crippen LogP contribution < -0.4 is 5.32 Å². The number of amides is 3. The first-order valence-corrected chi connectivity index (χ1v) is 4.65. The van der Waals surface area contributed by atoms with Gasteiger partial charge in [0, 0.05) is 26.1 Å². The Morgan fingerprint density at radius 3 is 2.54 bits per heavy atom. The third kappa shape index (κ3) is 1.46. The molecule has 2 fully saturated rings. The SMILES string of the molecule is O=C1CCNC(=O)N2CCCCN12. The van der Waals surface area contributed by atoms with Crippen LogP contribution in [-0.2, 0) is 4.79 Å². The molecule has 0 bridgehead atoms. The van der Waals surface area contributed by atoms with E-state index in [2.05, 4.69) is 5.32 Å². The molecule has 1 N–H and O–H groups in total. The van der Waals surface area contributed by atoms with Crippen molar-refractivity contribution in [2.24, 2.45) is 0 Å². The Balaban J connectivity index is 2.18. The van der Waals surface area contributed by atoms with Gasteiger partial charge >= 0.3 is 6.03 Å². The summed E-state index contributed by atoms with van der Waals surface area (Å²) in [6.07, 6.45) is 2.40. The van der Waals surface area contributed by atoms with E-state index in [1.807, 2.05) is 0 Å². The third-order valence-corrected chi connectivity index (χ3v) is 2.42. The van der Waals surface area contributed by atoms with E-state index in [0.717, 1.165) is 12.8 Å². The normalized spacial score (nSPS) is 23.7. The van der Waals surface area contributed by atoms with Crippen LogP contribution in [0.3, 0.4) is 0 Å². The van der Waals surface area contributed by atoms with E-state index in [1.165, 1.54) is 5.01 Å². The molecule has 0 saturated carbocycles. The van der Waals surface area contributed by atoms with Gasteiger partial charge in [-0.2, -0.15) is 0 Å². The van der Waals surface area contributed by atoms with Crippen LogP contribution in [0.4, 0.5) is 4.79 Å². The molecule has 0 aliphatic carbocycles.